The maximum atomic E-state index is 6.06. The zero-order chi connectivity index (χ0) is 8.55. The van der Waals surface area contributed by atoms with E-state index in [1.165, 1.54) is 31.4 Å². The predicted molar refractivity (Wildman–Crippen MR) is 52.4 cm³/mol. The van der Waals surface area contributed by atoms with E-state index in [1.54, 1.807) is 0 Å². The normalized spacial score (nSPS) is 31.3. The lowest BCUT2D eigenvalue weighted by molar-refractivity contribution is 0.279. The molecule has 1 aliphatic heterocycles. The summed E-state index contributed by atoms with van der Waals surface area (Å²) in [7, 11) is 0. The summed E-state index contributed by atoms with van der Waals surface area (Å²) in [6.45, 7) is 3.22. The molecule has 0 aromatic rings. The molecular formula is C10H16ClN. The Morgan fingerprint density at radius 2 is 2.08 bits per heavy atom. The summed E-state index contributed by atoms with van der Waals surface area (Å²) in [5.74, 6) is 0. The van der Waals surface area contributed by atoms with E-state index in [2.05, 4.69) is 17.9 Å². The van der Waals surface area contributed by atoms with Crippen molar-refractivity contribution in [3.8, 4) is 0 Å². The van der Waals surface area contributed by atoms with Crippen LogP contribution >= 0.6 is 11.6 Å². The number of allylic oxidation sites excluding steroid dienone is 1. The molecule has 2 rings (SSSR count). The summed E-state index contributed by atoms with van der Waals surface area (Å²) in [4.78, 5) is 2.49. The smallest absolute Gasteiger partial charge is 0.0710 e. The summed E-state index contributed by atoms with van der Waals surface area (Å²) in [5, 5.41) is 0.255. The SMILES string of the molecule is CC1=CC(Cl)CN1C1CCCC1. The van der Waals surface area contributed by atoms with Crippen LogP contribution in [0.2, 0.25) is 0 Å². The number of alkyl halides is 1. The van der Waals surface area contributed by atoms with Crippen LogP contribution in [0.3, 0.4) is 0 Å². The Labute approximate surface area is 79.4 Å². The van der Waals surface area contributed by atoms with E-state index in [0.29, 0.717) is 0 Å². The molecule has 0 bridgehead atoms. The van der Waals surface area contributed by atoms with Crippen LogP contribution in [0.15, 0.2) is 11.8 Å². The molecule has 0 spiro atoms. The first-order chi connectivity index (χ1) is 5.77. The summed E-state index contributed by atoms with van der Waals surface area (Å²) >= 11 is 6.06. The molecule has 12 heavy (non-hydrogen) atoms. The van der Waals surface area contributed by atoms with Crippen molar-refractivity contribution in [3.05, 3.63) is 11.8 Å². The first-order valence-corrected chi connectivity index (χ1v) is 5.30. The van der Waals surface area contributed by atoms with Gasteiger partial charge in [-0.2, -0.15) is 0 Å². The van der Waals surface area contributed by atoms with E-state index in [-0.39, 0.29) is 5.38 Å². The molecule has 0 aromatic heterocycles. The molecule has 0 amide bonds. The molecule has 1 atom stereocenters. The van der Waals surface area contributed by atoms with Gasteiger partial charge in [-0.05, 0) is 25.8 Å². The highest BCUT2D eigenvalue weighted by atomic mass is 35.5. The molecule has 0 aromatic carbocycles. The van der Waals surface area contributed by atoms with Crippen molar-refractivity contribution in [2.24, 2.45) is 0 Å². The zero-order valence-electron chi connectivity index (χ0n) is 7.59. The number of halogens is 1. The van der Waals surface area contributed by atoms with Gasteiger partial charge in [0.1, 0.15) is 0 Å². The molecule has 1 saturated carbocycles. The minimum absolute atomic E-state index is 0.255. The van der Waals surface area contributed by atoms with Crippen LogP contribution in [0.25, 0.3) is 0 Å². The highest BCUT2D eigenvalue weighted by Gasteiger charge is 2.27. The molecule has 1 fully saturated rings. The van der Waals surface area contributed by atoms with Gasteiger partial charge >= 0.3 is 0 Å². The molecule has 1 nitrogen and oxygen atoms in total. The van der Waals surface area contributed by atoms with Gasteiger partial charge < -0.3 is 4.90 Å². The average Bonchev–Trinajstić information content (AvgIpc) is 2.58. The summed E-state index contributed by atoms with van der Waals surface area (Å²) < 4.78 is 0. The molecular weight excluding hydrogens is 170 g/mol. The van der Waals surface area contributed by atoms with Gasteiger partial charge in [-0.3, -0.25) is 0 Å². The lowest BCUT2D eigenvalue weighted by Crippen LogP contribution is -2.31. The van der Waals surface area contributed by atoms with Gasteiger partial charge in [-0.15, -0.1) is 11.6 Å². The van der Waals surface area contributed by atoms with Crippen LogP contribution in [-0.2, 0) is 0 Å². The standard InChI is InChI=1S/C10H16ClN/c1-8-6-9(11)7-12(8)10-4-2-3-5-10/h6,9-10H,2-5,7H2,1H3. The Kier molecular flexibility index (Phi) is 2.31. The number of rotatable bonds is 1. The fourth-order valence-corrected chi connectivity index (χ4v) is 2.73. The van der Waals surface area contributed by atoms with Gasteiger partial charge in [0.15, 0.2) is 0 Å². The van der Waals surface area contributed by atoms with Crippen LogP contribution in [0.1, 0.15) is 32.6 Å². The molecule has 1 unspecified atom stereocenters. The minimum atomic E-state index is 0.255. The van der Waals surface area contributed by atoms with Crippen molar-refractivity contribution in [2.75, 3.05) is 6.54 Å². The third-order valence-electron chi connectivity index (χ3n) is 3.01. The molecule has 2 aliphatic rings. The third kappa shape index (κ3) is 1.47. The van der Waals surface area contributed by atoms with E-state index in [0.717, 1.165) is 12.6 Å². The Bertz CT molecular complexity index is 194. The summed E-state index contributed by atoms with van der Waals surface area (Å²) in [5.41, 5.74) is 1.39. The fraction of sp³-hybridized carbons (Fsp3) is 0.800. The van der Waals surface area contributed by atoms with Crippen molar-refractivity contribution in [1.82, 2.24) is 4.90 Å². The van der Waals surface area contributed by atoms with Gasteiger partial charge in [0.05, 0.1) is 5.38 Å². The number of hydrogen-bond acceptors (Lipinski definition) is 1. The first kappa shape index (κ1) is 8.43. The van der Waals surface area contributed by atoms with Crippen molar-refractivity contribution < 1.29 is 0 Å². The second kappa shape index (κ2) is 3.29. The molecule has 68 valence electrons. The summed E-state index contributed by atoms with van der Waals surface area (Å²) in [6, 6.07) is 0.796. The highest BCUT2D eigenvalue weighted by molar-refractivity contribution is 6.22. The summed E-state index contributed by atoms with van der Waals surface area (Å²) in [6.07, 6.45) is 7.73. The van der Waals surface area contributed by atoms with Crippen molar-refractivity contribution in [1.29, 1.82) is 0 Å². The van der Waals surface area contributed by atoms with Gasteiger partial charge in [-0.1, -0.05) is 12.8 Å². The van der Waals surface area contributed by atoms with Gasteiger partial charge in [-0.25, -0.2) is 0 Å². The van der Waals surface area contributed by atoms with Gasteiger partial charge in [0.2, 0.25) is 0 Å². The van der Waals surface area contributed by atoms with E-state index < -0.39 is 0 Å². The number of hydrogen-bond donors (Lipinski definition) is 0. The lowest BCUT2D eigenvalue weighted by Gasteiger charge is -2.27. The maximum absolute atomic E-state index is 6.06. The van der Waals surface area contributed by atoms with Crippen LogP contribution in [0.5, 0.6) is 0 Å². The highest BCUT2D eigenvalue weighted by Crippen LogP contribution is 2.30. The van der Waals surface area contributed by atoms with Crippen molar-refractivity contribution in [3.63, 3.8) is 0 Å². The van der Waals surface area contributed by atoms with Crippen LogP contribution in [-0.4, -0.2) is 22.9 Å². The van der Waals surface area contributed by atoms with E-state index in [1.807, 2.05) is 0 Å². The molecule has 0 radical (unpaired) electrons. The van der Waals surface area contributed by atoms with Gasteiger partial charge in [0, 0.05) is 18.3 Å². The largest absolute Gasteiger partial charge is 0.370 e. The quantitative estimate of drug-likeness (QED) is 0.568. The zero-order valence-corrected chi connectivity index (χ0v) is 8.35. The Hall–Kier alpha value is -0.170. The Morgan fingerprint density at radius 3 is 2.58 bits per heavy atom. The van der Waals surface area contributed by atoms with Crippen LogP contribution < -0.4 is 0 Å². The predicted octanol–water partition coefficient (Wildman–Crippen LogP) is 2.76. The average molecular weight is 186 g/mol. The molecule has 0 saturated heterocycles. The molecule has 0 N–H and O–H groups in total. The number of nitrogens with zero attached hydrogens (tertiary/aromatic N) is 1. The van der Waals surface area contributed by atoms with E-state index in [4.69, 9.17) is 11.6 Å². The van der Waals surface area contributed by atoms with E-state index >= 15 is 0 Å². The van der Waals surface area contributed by atoms with Crippen molar-refractivity contribution in [2.45, 2.75) is 44.0 Å². The minimum Gasteiger partial charge on any atom is -0.370 e. The molecule has 2 heteroatoms. The Morgan fingerprint density at radius 1 is 1.42 bits per heavy atom. The maximum Gasteiger partial charge on any atom is 0.0710 e. The van der Waals surface area contributed by atoms with Crippen molar-refractivity contribution >= 4 is 11.6 Å². The van der Waals surface area contributed by atoms with E-state index in [9.17, 15) is 0 Å². The topological polar surface area (TPSA) is 3.24 Å². The second-order valence-electron chi connectivity index (χ2n) is 3.91. The Balaban J connectivity index is 2.00. The third-order valence-corrected chi connectivity index (χ3v) is 3.28. The van der Waals surface area contributed by atoms with Gasteiger partial charge in [0.25, 0.3) is 0 Å². The molecule has 1 heterocycles. The lowest BCUT2D eigenvalue weighted by atomic mass is 10.2. The van der Waals surface area contributed by atoms with Crippen LogP contribution in [0.4, 0.5) is 0 Å². The molecule has 1 aliphatic carbocycles. The fourth-order valence-electron chi connectivity index (χ4n) is 2.40. The first-order valence-electron chi connectivity index (χ1n) is 4.86. The second-order valence-corrected chi connectivity index (χ2v) is 4.48. The monoisotopic (exact) mass is 185 g/mol. The van der Waals surface area contributed by atoms with Crippen LogP contribution in [0, 0.1) is 0 Å².